The molecule has 0 aliphatic carbocycles. The summed E-state index contributed by atoms with van der Waals surface area (Å²) in [5.74, 6) is 0.547. The lowest BCUT2D eigenvalue weighted by molar-refractivity contribution is 0.427. The van der Waals surface area contributed by atoms with Gasteiger partial charge in [-0.1, -0.05) is 6.42 Å². The zero-order valence-corrected chi connectivity index (χ0v) is 10.4. The molecule has 0 radical (unpaired) electrons. The molecule has 0 saturated carbocycles. The third-order valence-corrected chi connectivity index (χ3v) is 4.33. The standard InChI is InChI=1S/C12H15N3OS/c13-8-10-4-3-7-15-12(10)17(16)9-11-5-1-2-6-14-11/h3-4,7,11,14H,1-2,5-6,9H2/t11-,17+/m1/s1. The Morgan fingerprint density at radius 3 is 3.18 bits per heavy atom. The molecule has 90 valence electrons. The van der Waals surface area contributed by atoms with Crippen molar-refractivity contribution in [1.82, 2.24) is 10.3 Å². The van der Waals surface area contributed by atoms with E-state index in [-0.39, 0.29) is 6.04 Å². The molecule has 1 saturated heterocycles. The Hall–Kier alpha value is -1.25. The molecular formula is C12H15N3OS. The monoisotopic (exact) mass is 249 g/mol. The maximum atomic E-state index is 12.2. The van der Waals surface area contributed by atoms with Crippen molar-refractivity contribution in [2.45, 2.75) is 30.3 Å². The van der Waals surface area contributed by atoms with Crippen LogP contribution >= 0.6 is 0 Å². The van der Waals surface area contributed by atoms with Crippen LogP contribution in [0.3, 0.4) is 0 Å². The van der Waals surface area contributed by atoms with Crippen molar-refractivity contribution in [2.75, 3.05) is 12.3 Å². The summed E-state index contributed by atoms with van der Waals surface area (Å²) in [5, 5.41) is 12.7. The second kappa shape index (κ2) is 5.89. The Morgan fingerprint density at radius 2 is 2.47 bits per heavy atom. The second-order valence-corrected chi connectivity index (χ2v) is 5.54. The number of nitrogens with zero attached hydrogens (tertiary/aromatic N) is 2. The van der Waals surface area contributed by atoms with Crippen LogP contribution in [0.5, 0.6) is 0 Å². The minimum Gasteiger partial charge on any atom is -0.313 e. The zero-order chi connectivity index (χ0) is 12.1. The normalized spacial score (nSPS) is 21.7. The maximum Gasteiger partial charge on any atom is 0.144 e. The van der Waals surface area contributed by atoms with E-state index in [2.05, 4.69) is 10.3 Å². The Balaban J connectivity index is 2.06. The highest BCUT2D eigenvalue weighted by Gasteiger charge is 2.18. The fourth-order valence-corrected chi connectivity index (χ4v) is 3.33. The van der Waals surface area contributed by atoms with Gasteiger partial charge in [0.2, 0.25) is 0 Å². The molecule has 1 aliphatic heterocycles. The van der Waals surface area contributed by atoms with Crippen LogP contribution in [0.2, 0.25) is 0 Å². The third kappa shape index (κ3) is 3.11. The first kappa shape index (κ1) is 12.2. The van der Waals surface area contributed by atoms with E-state index in [1.807, 2.05) is 6.07 Å². The average Bonchev–Trinajstić information content (AvgIpc) is 2.40. The first-order valence-corrected chi connectivity index (χ1v) is 7.10. The molecule has 4 nitrogen and oxygen atoms in total. The summed E-state index contributed by atoms with van der Waals surface area (Å²) >= 11 is 0. The molecule has 0 unspecified atom stereocenters. The fraction of sp³-hybridized carbons (Fsp3) is 0.500. The topological polar surface area (TPSA) is 65.8 Å². The Kier molecular flexibility index (Phi) is 4.24. The largest absolute Gasteiger partial charge is 0.313 e. The lowest BCUT2D eigenvalue weighted by Gasteiger charge is -2.22. The van der Waals surface area contributed by atoms with Gasteiger partial charge in [0.1, 0.15) is 11.1 Å². The molecule has 0 amide bonds. The molecule has 1 aromatic rings. The summed E-state index contributed by atoms with van der Waals surface area (Å²) in [5.41, 5.74) is 0.418. The average molecular weight is 249 g/mol. The van der Waals surface area contributed by atoms with Crippen LogP contribution in [0.4, 0.5) is 0 Å². The molecule has 1 aromatic heterocycles. The molecule has 2 atom stereocenters. The molecule has 0 spiro atoms. The van der Waals surface area contributed by atoms with Crippen LogP contribution < -0.4 is 5.32 Å². The quantitative estimate of drug-likeness (QED) is 0.874. The number of nitriles is 1. The minimum absolute atomic E-state index is 0.290. The molecule has 1 aliphatic rings. The predicted octanol–water partition coefficient (Wildman–Crippen LogP) is 1.20. The van der Waals surface area contributed by atoms with Crippen LogP contribution in [0.1, 0.15) is 24.8 Å². The summed E-state index contributed by atoms with van der Waals surface area (Å²) in [6.45, 7) is 0.995. The van der Waals surface area contributed by atoms with Crippen LogP contribution in [0, 0.1) is 11.3 Å². The third-order valence-electron chi connectivity index (χ3n) is 2.87. The Morgan fingerprint density at radius 1 is 1.59 bits per heavy atom. The van der Waals surface area contributed by atoms with Crippen molar-refractivity contribution >= 4 is 10.8 Å². The van der Waals surface area contributed by atoms with Gasteiger partial charge >= 0.3 is 0 Å². The van der Waals surface area contributed by atoms with Gasteiger partial charge in [-0.05, 0) is 31.5 Å². The first-order chi connectivity index (χ1) is 8.31. The van der Waals surface area contributed by atoms with E-state index in [1.54, 1.807) is 18.3 Å². The predicted molar refractivity (Wildman–Crippen MR) is 65.9 cm³/mol. The van der Waals surface area contributed by atoms with Crippen molar-refractivity contribution in [3.63, 3.8) is 0 Å². The molecule has 1 N–H and O–H groups in total. The van der Waals surface area contributed by atoms with Crippen LogP contribution in [0.25, 0.3) is 0 Å². The molecular weight excluding hydrogens is 234 g/mol. The van der Waals surface area contributed by atoms with E-state index in [1.165, 1.54) is 12.8 Å². The number of aromatic nitrogens is 1. The van der Waals surface area contributed by atoms with Crippen molar-refractivity contribution in [3.8, 4) is 6.07 Å². The van der Waals surface area contributed by atoms with Gasteiger partial charge in [-0.3, -0.25) is 4.21 Å². The van der Waals surface area contributed by atoms with E-state index >= 15 is 0 Å². The lowest BCUT2D eigenvalue weighted by Crippen LogP contribution is -2.38. The van der Waals surface area contributed by atoms with Crippen LogP contribution in [-0.2, 0) is 10.8 Å². The Labute approximate surface area is 104 Å². The fourth-order valence-electron chi connectivity index (χ4n) is 1.99. The van der Waals surface area contributed by atoms with Crippen molar-refractivity contribution < 1.29 is 4.21 Å². The molecule has 17 heavy (non-hydrogen) atoms. The van der Waals surface area contributed by atoms with Gasteiger partial charge in [0.05, 0.1) is 16.4 Å². The van der Waals surface area contributed by atoms with Crippen LogP contribution in [0.15, 0.2) is 23.4 Å². The van der Waals surface area contributed by atoms with Gasteiger partial charge < -0.3 is 5.32 Å². The van der Waals surface area contributed by atoms with Gasteiger partial charge in [-0.15, -0.1) is 0 Å². The zero-order valence-electron chi connectivity index (χ0n) is 9.56. The van der Waals surface area contributed by atoms with Crippen molar-refractivity contribution in [1.29, 1.82) is 5.26 Å². The number of nitrogens with one attached hydrogen (secondary N) is 1. The highest BCUT2D eigenvalue weighted by molar-refractivity contribution is 7.85. The molecule has 2 heterocycles. The highest BCUT2D eigenvalue weighted by Crippen LogP contribution is 2.14. The van der Waals surface area contributed by atoms with Gasteiger partial charge in [0.15, 0.2) is 0 Å². The van der Waals surface area contributed by atoms with E-state index in [0.717, 1.165) is 13.0 Å². The van der Waals surface area contributed by atoms with Gasteiger partial charge in [0.25, 0.3) is 0 Å². The van der Waals surface area contributed by atoms with E-state index in [9.17, 15) is 4.21 Å². The van der Waals surface area contributed by atoms with E-state index in [4.69, 9.17) is 5.26 Å². The smallest absolute Gasteiger partial charge is 0.144 e. The van der Waals surface area contributed by atoms with E-state index < -0.39 is 10.8 Å². The van der Waals surface area contributed by atoms with Crippen LogP contribution in [-0.4, -0.2) is 27.5 Å². The van der Waals surface area contributed by atoms with Crippen molar-refractivity contribution in [3.05, 3.63) is 23.9 Å². The molecule has 1 fully saturated rings. The lowest BCUT2D eigenvalue weighted by atomic mass is 10.1. The summed E-state index contributed by atoms with van der Waals surface area (Å²) in [6, 6.07) is 5.68. The Bertz CT molecular complexity index is 449. The second-order valence-electron chi connectivity index (χ2n) is 4.13. The molecule has 0 aromatic carbocycles. The number of hydrogen-bond acceptors (Lipinski definition) is 4. The van der Waals surface area contributed by atoms with Gasteiger partial charge in [0, 0.05) is 18.0 Å². The molecule has 0 bridgehead atoms. The molecule has 5 heteroatoms. The van der Waals surface area contributed by atoms with Gasteiger partial charge in [-0.2, -0.15) is 5.26 Å². The molecule has 2 rings (SSSR count). The summed E-state index contributed by atoms with van der Waals surface area (Å²) in [4.78, 5) is 4.06. The first-order valence-electron chi connectivity index (χ1n) is 5.78. The number of hydrogen-bond donors (Lipinski definition) is 1. The number of piperidine rings is 1. The summed E-state index contributed by atoms with van der Waals surface area (Å²) in [7, 11) is -1.19. The van der Waals surface area contributed by atoms with Crippen molar-refractivity contribution in [2.24, 2.45) is 0 Å². The summed E-state index contributed by atoms with van der Waals surface area (Å²) in [6.07, 6.45) is 5.02. The van der Waals surface area contributed by atoms with Gasteiger partial charge in [-0.25, -0.2) is 4.98 Å². The highest BCUT2D eigenvalue weighted by atomic mass is 32.2. The summed E-state index contributed by atoms with van der Waals surface area (Å²) < 4.78 is 12.2. The number of rotatable bonds is 3. The van der Waals surface area contributed by atoms with E-state index in [0.29, 0.717) is 16.3 Å². The minimum atomic E-state index is -1.19. The number of pyridine rings is 1. The SMILES string of the molecule is N#Cc1cccnc1[S@@](=O)C[C@H]1CCCCN1. The maximum absolute atomic E-state index is 12.2.